The van der Waals surface area contributed by atoms with Gasteiger partial charge in [-0.25, -0.2) is 9.97 Å². The van der Waals surface area contributed by atoms with Crippen LogP contribution in [0.2, 0.25) is 5.02 Å². The molecule has 0 radical (unpaired) electrons. The number of aryl methyl sites for hydroxylation is 3. The first-order chi connectivity index (χ1) is 13.1. The molecule has 2 heterocycles. The maximum absolute atomic E-state index is 12.7. The van der Waals surface area contributed by atoms with E-state index in [1.165, 1.54) is 6.92 Å². The molecule has 1 N–H and O–H groups in total. The first-order valence-corrected chi connectivity index (χ1v) is 8.60. The van der Waals surface area contributed by atoms with Gasteiger partial charge in [0, 0.05) is 24.5 Å². The summed E-state index contributed by atoms with van der Waals surface area (Å²) in [6, 6.07) is 6.78. The van der Waals surface area contributed by atoms with Crippen molar-refractivity contribution in [3.8, 4) is 11.3 Å². The number of imidazole rings is 1. The second-order valence-corrected chi connectivity index (χ2v) is 6.67. The number of amides is 1. The molecule has 28 heavy (non-hydrogen) atoms. The van der Waals surface area contributed by atoms with Crippen molar-refractivity contribution in [3.63, 3.8) is 0 Å². The highest BCUT2D eigenvalue weighted by atomic mass is 35.5. The highest BCUT2D eigenvalue weighted by Crippen LogP contribution is 2.31. The van der Waals surface area contributed by atoms with E-state index < -0.39 is 17.8 Å². The molecule has 9 heteroatoms. The van der Waals surface area contributed by atoms with Crippen LogP contribution in [0.15, 0.2) is 36.5 Å². The predicted octanol–water partition coefficient (Wildman–Crippen LogP) is 5.02. The van der Waals surface area contributed by atoms with Crippen LogP contribution in [0.5, 0.6) is 0 Å². The molecule has 3 rings (SSSR count). The van der Waals surface area contributed by atoms with Gasteiger partial charge >= 0.3 is 6.18 Å². The van der Waals surface area contributed by atoms with E-state index >= 15 is 0 Å². The van der Waals surface area contributed by atoms with E-state index in [1.54, 1.807) is 18.2 Å². The largest absolute Gasteiger partial charge is 0.433 e. The molecule has 0 atom stereocenters. The summed E-state index contributed by atoms with van der Waals surface area (Å²) in [7, 11) is 1.85. The van der Waals surface area contributed by atoms with Gasteiger partial charge in [-0.2, -0.15) is 13.2 Å². The Morgan fingerprint density at radius 1 is 1.14 bits per heavy atom. The molecule has 0 fully saturated rings. The van der Waals surface area contributed by atoms with Crippen molar-refractivity contribution in [1.82, 2.24) is 14.5 Å². The van der Waals surface area contributed by atoms with E-state index in [-0.39, 0.29) is 11.3 Å². The monoisotopic (exact) mass is 408 g/mol. The Kier molecular flexibility index (Phi) is 5.16. The summed E-state index contributed by atoms with van der Waals surface area (Å²) in [4.78, 5) is 20.4. The SMILES string of the molecule is Cc1nc(C(F)(F)F)ccc1C(=O)Nc1ccc(Cl)c(-c2cn(C)c(C)n2)c1. The minimum Gasteiger partial charge on any atom is -0.338 e. The van der Waals surface area contributed by atoms with Crippen molar-refractivity contribution in [2.24, 2.45) is 7.05 Å². The fourth-order valence-electron chi connectivity index (χ4n) is 2.65. The number of aromatic nitrogens is 3. The van der Waals surface area contributed by atoms with Crippen LogP contribution in [-0.4, -0.2) is 20.4 Å². The van der Waals surface area contributed by atoms with E-state index in [1.807, 2.05) is 24.7 Å². The first-order valence-electron chi connectivity index (χ1n) is 8.22. The summed E-state index contributed by atoms with van der Waals surface area (Å²) in [6.45, 7) is 3.21. The lowest BCUT2D eigenvalue weighted by Crippen LogP contribution is -2.16. The number of halogens is 4. The second-order valence-electron chi connectivity index (χ2n) is 6.26. The van der Waals surface area contributed by atoms with Crippen LogP contribution in [-0.2, 0) is 13.2 Å². The average Bonchev–Trinajstić information content (AvgIpc) is 2.94. The van der Waals surface area contributed by atoms with Gasteiger partial charge in [-0.1, -0.05) is 11.6 Å². The third-order valence-electron chi connectivity index (χ3n) is 4.23. The second kappa shape index (κ2) is 7.27. The molecule has 0 aliphatic heterocycles. The Balaban J connectivity index is 1.88. The van der Waals surface area contributed by atoms with E-state index in [9.17, 15) is 18.0 Å². The van der Waals surface area contributed by atoms with Crippen LogP contribution in [0.25, 0.3) is 11.3 Å². The Hall–Kier alpha value is -2.87. The highest BCUT2D eigenvalue weighted by molar-refractivity contribution is 6.33. The number of alkyl halides is 3. The minimum atomic E-state index is -4.56. The maximum Gasteiger partial charge on any atom is 0.433 e. The Morgan fingerprint density at radius 2 is 1.86 bits per heavy atom. The fraction of sp³-hybridized carbons (Fsp3) is 0.211. The number of benzene rings is 1. The van der Waals surface area contributed by atoms with Gasteiger partial charge in [0.05, 0.1) is 22.0 Å². The standard InChI is InChI=1S/C19H16ClF3N4O/c1-10-13(5-7-17(24-10)19(21,22)23)18(28)26-12-4-6-15(20)14(8-12)16-9-27(3)11(2)25-16/h4-9H,1-3H3,(H,26,28). The number of carbonyl (C=O) groups is 1. The minimum absolute atomic E-state index is 0.0122. The topological polar surface area (TPSA) is 59.8 Å². The molecule has 2 aromatic heterocycles. The quantitative estimate of drug-likeness (QED) is 0.661. The van der Waals surface area contributed by atoms with Crippen LogP contribution < -0.4 is 5.32 Å². The number of rotatable bonds is 3. The molecule has 146 valence electrons. The molecule has 0 spiro atoms. The van der Waals surface area contributed by atoms with Gasteiger partial charge in [0.2, 0.25) is 0 Å². The Morgan fingerprint density at radius 3 is 2.43 bits per heavy atom. The van der Waals surface area contributed by atoms with Gasteiger partial charge in [-0.15, -0.1) is 0 Å². The molecule has 3 aromatic rings. The van der Waals surface area contributed by atoms with Crippen LogP contribution in [0.1, 0.15) is 27.6 Å². The number of carbonyl (C=O) groups excluding carboxylic acids is 1. The number of nitrogens with one attached hydrogen (secondary N) is 1. The molecule has 1 amide bonds. The third kappa shape index (κ3) is 4.01. The van der Waals surface area contributed by atoms with Crippen molar-refractivity contribution >= 4 is 23.2 Å². The number of pyridine rings is 1. The first kappa shape index (κ1) is 19.9. The number of anilines is 1. The summed E-state index contributed by atoms with van der Waals surface area (Å²) >= 11 is 6.25. The van der Waals surface area contributed by atoms with Crippen LogP contribution >= 0.6 is 11.6 Å². The average molecular weight is 409 g/mol. The molecule has 0 aliphatic rings. The Labute approximate surface area is 164 Å². The number of nitrogens with zero attached hydrogens (tertiary/aromatic N) is 3. The van der Waals surface area contributed by atoms with Crippen LogP contribution in [0.3, 0.4) is 0 Å². The smallest absolute Gasteiger partial charge is 0.338 e. The molecular weight excluding hydrogens is 393 g/mol. The molecule has 0 saturated carbocycles. The molecule has 0 unspecified atom stereocenters. The van der Waals surface area contributed by atoms with E-state index in [0.29, 0.717) is 22.0 Å². The van der Waals surface area contributed by atoms with Gasteiger partial charge in [0.1, 0.15) is 11.5 Å². The predicted molar refractivity (Wildman–Crippen MR) is 100 cm³/mol. The van der Waals surface area contributed by atoms with Gasteiger partial charge in [-0.05, 0) is 44.2 Å². The Bertz CT molecular complexity index is 1040. The van der Waals surface area contributed by atoms with E-state index in [4.69, 9.17) is 11.6 Å². The molecule has 5 nitrogen and oxygen atoms in total. The number of hydrogen-bond acceptors (Lipinski definition) is 3. The zero-order valence-electron chi connectivity index (χ0n) is 15.2. The lowest BCUT2D eigenvalue weighted by atomic mass is 10.1. The summed E-state index contributed by atoms with van der Waals surface area (Å²) in [6.07, 6.45) is -2.75. The van der Waals surface area contributed by atoms with Crippen molar-refractivity contribution in [3.05, 3.63) is 64.3 Å². The third-order valence-corrected chi connectivity index (χ3v) is 4.56. The molecule has 0 saturated heterocycles. The molecule has 0 aliphatic carbocycles. The highest BCUT2D eigenvalue weighted by Gasteiger charge is 2.33. The van der Waals surface area contributed by atoms with Gasteiger partial charge in [-0.3, -0.25) is 4.79 Å². The van der Waals surface area contributed by atoms with Crippen molar-refractivity contribution in [2.75, 3.05) is 5.32 Å². The van der Waals surface area contributed by atoms with Gasteiger partial charge < -0.3 is 9.88 Å². The van der Waals surface area contributed by atoms with Crippen molar-refractivity contribution in [1.29, 1.82) is 0 Å². The zero-order valence-corrected chi connectivity index (χ0v) is 16.0. The van der Waals surface area contributed by atoms with Gasteiger partial charge in [0.25, 0.3) is 5.91 Å². The normalized spacial score (nSPS) is 11.5. The van der Waals surface area contributed by atoms with E-state index in [0.717, 1.165) is 18.0 Å². The van der Waals surface area contributed by atoms with Crippen LogP contribution in [0.4, 0.5) is 18.9 Å². The summed E-state index contributed by atoms with van der Waals surface area (Å²) < 4.78 is 40.1. The molecule has 1 aromatic carbocycles. The number of hydrogen-bond donors (Lipinski definition) is 1. The summed E-state index contributed by atoms with van der Waals surface area (Å²) in [5, 5.41) is 3.12. The zero-order chi connectivity index (χ0) is 20.6. The van der Waals surface area contributed by atoms with Crippen molar-refractivity contribution < 1.29 is 18.0 Å². The fourth-order valence-corrected chi connectivity index (χ4v) is 2.86. The lowest BCUT2D eigenvalue weighted by Gasteiger charge is -2.11. The van der Waals surface area contributed by atoms with Crippen molar-refractivity contribution in [2.45, 2.75) is 20.0 Å². The van der Waals surface area contributed by atoms with Crippen LogP contribution in [0, 0.1) is 13.8 Å². The summed E-state index contributed by atoms with van der Waals surface area (Å²) in [5.74, 6) is 0.233. The summed E-state index contributed by atoms with van der Waals surface area (Å²) in [5.41, 5.74) is 0.715. The lowest BCUT2D eigenvalue weighted by molar-refractivity contribution is -0.141. The molecular formula is C19H16ClF3N4O. The van der Waals surface area contributed by atoms with Gasteiger partial charge in [0.15, 0.2) is 0 Å². The van der Waals surface area contributed by atoms with E-state index in [2.05, 4.69) is 15.3 Å². The maximum atomic E-state index is 12.7. The molecule has 0 bridgehead atoms.